The summed E-state index contributed by atoms with van der Waals surface area (Å²) in [6.45, 7) is 2.66. The topological polar surface area (TPSA) is 81.4 Å². The molecule has 1 heterocycles. The molecule has 8 heteroatoms. The largest absolute Gasteiger partial charge is 0.419 e. The smallest absolute Gasteiger partial charge is 0.233 e. The summed E-state index contributed by atoms with van der Waals surface area (Å²) in [6.07, 6.45) is 0. The zero-order valence-electron chi connectivity index (χ0n) is 14.9. The Morgan fingerprint density at radius 2 is 1.78 bits per heavy atom. The van der Waals surface area contributed by atoms with E-state index in [-0.39, 0.29) is 21.7 Å². The highest BCUT2D eigenvalue weighted by Crippen LogP contribution is 2.32. The van der Waals surface area contributed by atoms with Gasteiger partial charge in [-0.2, -0.15) is 4.98 Å². The Morgan fingerprint density at radius 1 is 1.11 bits per heavy atom. The summed E-state index contributed by atoms with van der Waals surface area (Å²) < 4.78 is 36.9. The first-order chi connectivity index (χ1) is 12.9. The molecule has 3 rings (SSSR count). The van der Waals surface area contributed by atoms with Gasteiger partial charge in [0.1, 0.15) is 0 Å². The molecule has 0 bridgehead atoms. The molecule has 1 N–H and O–H groups in total. The molecule has 3 aromatic rings. The molecule has 2 aromatic carbocycles. The highest BCUT2D eigenvalue weighted by Gasteiger charge is 2.28. The number of sulfone groups is 1. The summed E-state index contributed by atoms with van der Waals surface area (Å²) in [5.74, 6) is 0.273. The molecule has 0 amide bonds. The van der Waals surface area contributed by atoms with Crippen LogP contribution < -0.4 is 5.32 Å². The van der Waals surface area contributed by atoms with Gasteiger partial charge in [-0.25, -0.2) is 8.42 Å². The van der Waals surface area contributed by atoms with Crippen LogP contribution in [0, 0.1) is 6.92 Å². The third kappa shape index (κ3) is 4.32. The van der Waals surface area contributed by atoms with Crippen molar-refractivity contribution in [2.24, 2.45) is 0 Å². The van der Waals surface area contributed by atoms with E-state index in [0.717, 1.165) is 5.56 Å². The second-order valence-corrected chi connectivity index (χ2v) is 8.20. The van der Waals surface area contributed by atoms with Crippen LogP contribution in [0.15, 0.2) is 62.9 Å². The second kappa shape index (κ2) is 8.12. The number of aryl methyl sites for hydroxylation is 1. The lowest BCUT2D eigenvalue weighted by Crippen LogP contribution is -2.11. The van der Waals surface area contributed by atoms with Gasteiger partial charge in [-0.05, 0) is 43.3 Å². The molecule has 0 saturated carbocycles. The minimum atomic E-state index is -3.85. The van der Waals surface area contributed by atoms with Gasteiger partial charge in [-0.15, -0.1) is 0 Å². The van der Waals surface area contributed by atoms with Gasteiger partial charge in [0.2, 0.25) is 26.6 Å². The number of aromatic nitrogens is 1. The number of halogens is 1. The molecule has 1 aromatic heterocycles. The highest BCUT2D eigenvalue weighted by molar-refractivity contribution is 7.91. The number of anilines is 1. The lowest BCUT2D eigenvalue weighted by atomic mass is 10.2. The van der Waals surface area contributed by atoms with E-state index in [1.54, 1.807) is 55.6 Å². The van der Waals surface area contributed by atoms with Gasteiger partial charge in [0, 0.05) is 24.2 Å². The Bertz CT molecular complexity index is 1010. The summed E-state index contributed by atoms with van der Waals surface area (Å²) in [4.78, 5) is 4.41. The van der Waals surface area contributed by atoms with Crippen LogP contribution in [0.2, 0.25) is 5.02 Å². The number of oxazole rings is 1. The van der Waals surface area contributed by atoms with Crippen LogP contribution in [0.4, 0.5) is 5.88 Å². The molecule has 27 heavy (non-hydrogen) atoms. The van der Waals surface area contributed by atoms with Crippen LogP contribution >= 0.6 is 11.6 Å². The van der Waals surface area contributed by atoms with Crippen molar-refractivity contribution in [1.29, 1.82) is 0 Å². The van der Waals surface area contributed by atoms with Crippen LogP contribution in [0.5, 0.6) is 0 Å². The molecule has 0 aliphatic heterocycles. The predicted molar refractivity (Wildman–Crippen MR) is 104 cm³/mol. The maximum absolute atomic E-state index is 13.1. The van der Waals surface area contributed by atoms with E-state index >= 15 is 0 Å². The molecule has 0 aliphatic rings. The normalized spacial score (nSPS) is 11.5. The summed E-state index contributed by atoms with van der Waals surface area (Å²) in [6, 6.07) is 13.4. The number of rotatable bonds is 7. The SMILES string of the molecule is COCCNc1oc(-c2ccc(Cl)cc2)nc1S(=O)(=O)c1ccc(C)cc1. The van der Waals surface area contributed by atoms with Gasteiger partial charge < -0.3 is 14.5 Å². The van der Waals surface area contributed by atoms with Crippen molar-refractivity contribution >= 4 is 27.3 Å². The van der Waals surface area contributed by atoms with Crippen molar-refractivity contribution in [1.82, 2.24) is 4.98 Å². The molecule has 0 unspecified atom stereocenters. The third-order valence-electron chi connectivity index (χ3n) is 3.86. The van der Waals surface area contributed by atoms with Gasteiger partial charge in [-0.1, -0.05) is 29.3 Å². The maximum atomic E-state index is 13.1. The Kier molecular flexibility index (Phi) is 5.84. The van der Waals surface area contributed by atoms with Crippen molar-refractivity contribution in [3.05, 3.63) is 59.1 Å². The number of benzene rings is 2. The van der Waals surface area contributed by atoms with Crippen molar-refractivity contribution in [3.63, 3.8) is 0 Å². The molecular weight excluding hydrogens is 388 g/mol. The van der Waals surface area contributed by atoms with Crippen molar-refractivity contribution in [3.8, 4) is 11.5 Å². The van der Waals surface area contributed by atoms with Gasteiger partial charge in [0.25, 0.3) is 0 Å². The summed E-state index contributed by atoms with van der Waals surface area (Å²) in [5.41, 5.74) is 1.59. The monoisotopic (exact) mass is 406 g/mol. The van der Waals surface area contributed by atoms with Crippen molar-refractivity contribution < 1.29 is 17.6 Å². The highest BCUT2D eigenvalue weighted by atomic mass is 35.5. The number of nitrogens with one attached hydrogen (secondary N) is 1. The summed E-state index contributed by atoms with van der Waals surface area (Å²) in [5, 5.41) is 3.35. The van der Waals surface area contributed by atoms with Gasteiger partial charge in [0.15, 0.2) is 0 Å². The van der Waals surface area contributed by atoms with E-state index < -0.39 is 9.84 Å². The first-order valence-electron chi connectivity index (χ1n) is 8.23. The molecular formula is C19H19ClN2O4S. The molecule has 0 radical (unpaired) electrons. The zero-order valence-corrected chi connectivity index (χ0v) is 16.5. The van der Waals surface area contributed by atoms with Gasteiger partial charge in [0.05, 0.1) is 11.5 Å². The van der Waals surface area contributed by atoms with E-state index in [4.69, 9.17) is 20.8 Å². The summed E-state index contributed by atoms with van der Waals surface area (Å²) in [7, 11) is -2.29. The minimum absolute atomic E-state index is 0.0811. The quantitative estimate of drug-likeness (QED) is 0.592. The van der Waals surface area contributed by atoms with Crippen LogP contribution in [0.1, 0.15) is 5.56 Å². The average molecular weight is 407 g/mol. The van der Waals surface area contributed by atoms with E-state index in [2.05, 4.69) is 10.3 Å². The fourth-order valence-corrected chi connectivity index (χ4v) is 3.82. The first-order valence-corrected chi connectivity index (χ1v) is 10.1. The molecule has 0 aliphatic carbocycles. The van der Waals surface area contributed by atoms with E-state index in [1.165, 1.54) is 0 Å². The van der Waals surface area contributed by atoms with Gasteiger partial charge in [-0.3, -0.25) is 0 Å². The van der Waals surface area contributed by atoms with Crippen LogP contribution in [0.3, 0.4) is 0 Å². The van der Waals surface area contributed by atoms with E-state index in [0.29, 0.717) is 23.7 Å². The van der Waals surface area contributed by atoms with Gasteiger partial charge >= 0.3 is 0 Å². The molecule has 0 fully saturated rings. The molecule has 142 valence electrons. The Hall–Kier alpha value is -2.35. The van der Waals surface area contributed by atoms with E-state index in [1.807, 2.05) is 6.92 Å². The van der Waals surface area contributed by atoms with E-state index in [9.17, 15) is 8.42 Å². The number of methoxy groups -OCH3 is 1. The Morgan fingerprint density at radius 3 is 2.41 bits per heavy atom. The number of nitrogens with zero attached hydrogens (tertiary/aromatic N) is 1. The van der Waals surface area contributed by atoms with Crippen molar-refractivity contribution in [2.75, 3.05) is 25.6 Å². The van der Waals surface area contributed by atoms with Crippen LogP contribution in [-0.4, -0.2) is 33.7 Å². The number of ether oxygens (including phenoxy) is 1. The van der Waals surface area contributed by atoms with Crippen molar-refractivity contribution in [2.45, 2.75) is 16.8 Å². The first kappa shape index (κ1) is 19.4. The fraction of sp³-hybridized carbons (Fsp3) is 0.211. The lowest BCUT2D eigenvalue weighted by Gasteiger charge is -2.06. The fourth-order valence-electron chi connectivity index (χ4n) is 2.41. The zero-order chi connectivity index (χ0) is 19.4. The second-order valence-electron chi connectivity index (χ2n) is 5.90. The standard InChI is InChI=1S/C19H19ClN2O4S/c1-13-3-9-16(10-4-13)27(23,24)19-18(21-11-12-25-2)26-17(22-19)14-5-7-15(20)8-6-14/h3-10,21H,11-12H2,1-2H3. The average Bonchev–Trinajstić information content (AvgIpc) is 3.08. The minimum Gasteiger partial charge on any atom is -0.419 e. The molecule has 0 atom stereocenters. The molecule has 6 nitrogen and oxygen atoms in total. The van der Waals surface area contributed by atoms with Crippen LogP contribution in [-0.2, 0) is 14.6 Å². The molecule has 0 saturated heterocycles. The summed E-state index contributed by atoms with van der Waals surface area (Å²) >= 11 is 5.91. The van der Waals surface area contributed by atoms with Crippen LogP contribution in [0.25, 0.3) is 11.5 Å². The Labute approximate surface area is 163 Å². The number of hydrogen-bond acceptors (Lipinski definition) is 6. The third-order valence-corrected chi connectivity index (χ3v) is 5.80. The Balaban J connectivity index is 2.06. The predicted octanol–water partition coefficient (Wildman–Crippen LogP) is 4.19. The maximum Gasteiger partial charge on any atom is 0.233 e. The molecule has 0 spiro atoms. The number of hydrogen-bond donors (Lipinski definition) is 1. The lowest BCUT2D eigenvalue weighted by molar-refractivity contribution is 0.210.